The highest BCUT2D eigenvalue weighted by atomic mass is 16.5. The summed E-state index contributed by atoms with van der Waals surface area (Å²) in [6.07, 6.45) is 0. The van der Waals surface area contributed by atoms with Crippen LogP contribution in [0.4, 0.5) is 0 Å². The van der Waals surface area contributed by atoms with Gasteiger partial charge in [-0.2, -0.15) is 5.26 Å². The molecule has 0 saturated heterocycles. The van der Waals surface area contributed by atoms with E-state index in [1.807, 2.05) is 32.9 Å². The van der Waals surface area contributed by atoms with E-state index in [-0.39, 0.29) is 11.9 Å². The van der Waals surface area contributed by atoms with E-state index in [1.165, 1.54) is 0 Å². The van der Waals surface area contributed by atoms with Crippen molar-refractivity contribution in [2.45, 2.75) is 33.4 Å². The number of carbonyl (C=O) groups excluding carboxylic acids is 1. The molecule has 5 heteroatoms. The van der Waals surface area contributed by atoms with E-state index in [0.29, 0.717) is 35.8 Å². The Morgan fingerprint density at radius 3 is 2.38 bits per heavy atom. The van der Waals surface area contributed by atoms with Gasteiger partial charge in [0.1, 0.15) is 0 Å². The second-order valence-electron chi connectivity index (χ2n) is 6.13. The Morgan fingerprint density at radius 1 is 1.15 bits per heavy atom. The number of hydrogen-bond donors (Lipinski definition) is 0. The van der Waals surface area contributed by atoms with Crippen LogP contribution in [0.1, 0.15) is 42.3 Å². The zero-order valence-electron chi connectivity index (χ0n) is 15.7. The van der Waals surface area contributed by atoms with Gasteiger partial charge in [-0.25, -0.2) is 0 Å². The summed E-state index contributed by atoms with van der Waals surface area (Å²) in [5.74, 6) is 1.08. The van der Waals surface area contributed by atoms with Crippen molar-refractivity contribution in [2.75, 3.05) is 13.7 Å². The predicted octanol–water partition coefficient (Wildman–Crippen LogP) is 4.02. The van der Waals surface area contributed by atoms with E-state index >= 15 is 0 Å². The number of benzene rings is 2. The zero-order valence-corrected chi connectivity index (χ0v) is 15.7. The van der Waals surface area contributed by atoms with Gasteiger partial charge in [0.2, 0.25) is 0 Å². The first-order valence-electron chi connectivity index (χ1n) is 8.61. The maximum Gasteiger partial charge on any atom is 0.254 e. The lowest BCUT2D eigenvalue weighted by molar-refractivity contribution is 0.0690. The molecule has 0 aliphatic heterocycles. The van der Waals surface area contributed by atoms with Gasteiger partial charge >= 0.3 is 0 Å². The molecule has 0 saturated carbocycles. The smallest absolute Gasteiger partial charge is 0.254 e. The molecule has 0 aromatic heterocycles. The molecular weight excluding hydrogens is 328 g/mol. The van der Waals surface area contributed by atoms with Gasteiger partial charge in [0.15, 0.2) is 11.5 Å². The highest BCUT2D eigenvalue weighted by Crippen LogP contribution is 2.29. The van der Waals surface area contributed by atoms with Crippen LogP contribution in [0.5, 0.6) is 11.5 Å². The first-order valence-corrected chi connectivity index (χ1v) is 8.61. The number of methoxy groups -OCH3 is 1. The largest absolute Gasteiger partial charge is 0.493 e. The maximum atomic E-state index is 13.0. The van der Waals surface area contributed by atoms with Gasteiger partial charge in [0.05, 0.1) is 25.3 Å². The lowest BCUT2D eigenvalue weighted by Gasteiger charge is -2.27. The first-order chi connectivity index (χ1) is 12.5. The second-order valence-corrected chi connectivity index (χ2v) is 6.13. The van der Waals surface area contributed by atoms with Gasteiger partial charge in [0, 0.05) is 18.2 Å². The number of carbonyl (C=O) groups is 1. The van der Waals surface area contributed by atoms with Crippen LogP contribution in [0, 0.1) is 11.3 Å². The molecule has 0 aliphatic carbocycles. The fraction of sp³-hybridized carbons (Fsp3) is 0.333. The molecule has 2 aromatic rings. The fourth-order valence-corrected chi connectivity index (χ4v) is 2.61. The monoisotopic (exact) mass is 352 g/mol. The Labute approximate surface area is 154 Å². The molecule has 0 atom stereocenters. The SMILES string of the molecule is CCOc1ccc(C(=O)N(Cc2ccc(C#N)cc2)C(C)C)cc1OC. The molecule has 0 aliphatic rings. The molecule has 0 heterocycles. The fourth-order valence-electron chi connectivity index (χ4n) is 2.61. The van der Waals surface area contributed by atoms with Gasteiger partial charge in [-0.15, -0.1) is 0 Å². The molecule has 0 unspecified atom stereocenters. The van der Waals surface area contributed by atoms with Crippen LogP contribution >= 0.6 is 0 Å². The van der Waals surface area contributed by atoms with Crippen LogP contribution in [0.25, 0.3) is 0 Å². The number of nitriles is 1. The van der Waals surface area contributed by atoms with Crippen molar-refractivity contribution in [1.29, 1.82) is 5.26 Å². The maximum absolute atomic E-state index is 13.0. The summed E-state index contributed by atoms with van der Waals surface area (Å²) in [6.45, 7) is 6.86. The molecule has 26 heavy (non-hydrogen) atoms. The molecule has 0 spiro atoms. The van der Waals surface area contributed by atoms with E-state index in [9.17, 15) is 4.79 Å². The minimum absolute atomic E-state index is 0.0238. The number of rotatable bonds is 7. The number of amides is 1. The standard InChI is InChI=1S/C21H24N2O3/c1-5-26-19-11-10-18(12-20(19)25-4)21(24)23(15(2)3)14-17-8-6-16(13-22)7-9-17/h6-12,15H,5,14H2,1-4H3. The number of ether oxygens (including phenoxy) is 2. The molecule has 0 bridgehead atoms. The van der Waals surface area contributed by atoms with Crippen molar-refractivity contribution in [1.82, 2.24) is 4.90 Å². The van der Waals surface area contributed by atoms with Gasteiger partial charge in [-0.05, 0) is 56.7 Å². The van der Waals surface area contributed by atoms with Crippen LogP contribution in [0.2, 0.25) is 0 Å². The third-order valence-corrected chi connectivity index (χ3v) is 4.03. The van der Waals surface area contributed by atoms with E-state index in [4.69, 9.17) is 14.7 Å². The highest BCUT2D eigenvalue weighted by Gasteiger charge is 2.20. The van der Waals surface area contributed by atoms with Crippen LogP contribution in [0.15, 0.2) is 42.5 Å². The van der Waals surface area contributed by atoms with Gasteiger partial charge in [-0.1, -0.05) is 12.1 Å². The summed E-state index contributed by atoms with van der Waals surface area (Å²) >= 11 is 0. The molecule has 0 fully saturated rings. The normalized spacial score (nSPS) is 10.3. The van der Waals surface area contributed by atoms with E-state index in [0.717, 1.165) is 5.56 Å². The third-order valence-electron chi connectivity index (χ3n) is 4.03. The molecule has 1 amide bonds. The van der Waals surface area contributed by atoms with Crippen molar-refractivity contribution < 1.29 is 14.3 Å². The third kappa shape index (κ3) is 4.54. The van der Waals surface area contributed by atoms with Crippen molar-refractivity contribution in [2.24, 2.45) is 0 Å². The number of hydrogen-bond acceptors (Lipinski definition) is 4. The Bertz CT molecular complexity index is 792. The summed E-state index contributed by atoms with van der Waals surface area (Å²) < 4.78 is 10.9. The van der Waals surface area contributed by atoms with Gasteiger partial charge in [0.25, 0.3) is 5.91 Å². The van der Waals surface area contributed by atoms with Crippen molar-refractivity contribution >= 4 is 5.91 Å². The summed E-state index contributed by atoms with van der Waals surface area (Å²) in [5, 5.41) is 8.91. The molecule has 2 aromatic carbocycles. The van der Waals surface area contributed by atoms with E-state index in [2.05, 4.69) is 6.07 Å². The minimum atomic E-state index is -0.0780. The van der Waals surface area contributed by atoms with Crippen LogP contribution in [-0.2, 0) is 6.54 Å². The quantitative estimate of drug-likeness (QED) is 0.755. The van der Waals surface area contributed by atoms with E-state index in [1.54, 1.807) is 42.3 Å². The second kappa shape index (κ2) is 8.91. The van der Waals surface area contributed by atoms with Crippen LogP contribution in [0.3, 0.4) is 0 Å². The Hall–Kier alpha value is -3.00. The topological polar surface area (TPSA) is 62.6 Å². The average molecular weight is 352 g/mol. The molecule has 5 nitrogen and oxygen atoms in total. The highest BCUT2D eigenvalue weighted by molar-refractivity contribution is 5.95. The van der Waals surface area contributed by atoms with Gasteiger partial charge in [-0.3, -0.25) is 4.79 Å². The summed E-state index contributed by atoms with van der Waals surface area (Å²) in [7, 11) is 1.56. The zero-order chi connectivity index (χ0) is 19.1. The van der Waals surface area contributed by atoms with Crippen molar-refractivity contribution in [3.05, 3.63) is 59.2 Å². The molecule has 136 valence electrons. The summed E-state index contributed by atoms with van der Waals surface area (Å²) in [4.78, 5) is 14.8. The molecule has 0 N–H and O–H groups in total. The van der Waals surface area contributed by atoms with Crippen molar-refractivity contribution in [3.8, 4) is 17.6 Å². The van der Waals surface area contributed by atoms with Gasteiger partial charge < -0.3 is 14.4 Å². The first kappa shape index (κ1) is 19.3. The summed E-state index contributed by atoms with van der Waals surface area (Å²) in [5.41, 5.74) is 2.13. The molecule has 2 rings (SSSR count). The van der Waals surface area contributed by atoms with Crippen LogP contribution in [-0.4, -0.2) is 30.6 Å². The predicted molar refractivity (Wildman–Crippen MR) is 100 cm³/mol. The Balaban J connectivity index is 2.26. The van der Waals surface area contributed by atoms with E-state index < -0.39 is 0 Å². The summed E-state index contributed by atoms with van der Waals surface area (Å²) in [6, 6.07) is 14.6. The average Bonchev–Trinajstić information content (AvgIpc) is 2.66. The van der Waals surface area contributed by atoms with Crippen LogP contribution < -0.4 is 9.47 Å². The molecular formula is C21H24N2O3. The number of nitrogens with zero attached hydrogens (tertiary/aromatic N) is 2. The lowest BCUT2D eigenvalue weighted by Crippen LogP contribution is -2.36. The van der Waals surface area contributed by atoms with Crippen molar-refractivity contribution in [3.63, 3.8) is 0 Å². The Morgan fingerprint density at radius 2 is 1.85 bits per heavy atom. The lowest BCUT2D eigenvalue weighted by atomic mass is 10.1. The minimum Gasteiger partial charge on any atom is -0.493 e. The molecule has 0 radical (unpaired) electrons. The Kier molecular flexibility index (Phi) is 6.62.